The van der Waals surface area contributed by atoms with E-state index in [4.69, 9.17) is 5.73 Å². The molecule has 0 atom stereocenters. The van der Waals surface area contributed by atoms with Gasteiger partial charge in [-0.3, -0.25) is 4.90 Å². The molecule has 1 rings (SSSR count). The van der Waals surface area contributed by atoms with Crippen LogP contribution in [0.15, 0.2) is 18.7 Å². The van der Waals surface area contributed by atoms with Crippen molar-refractivity contribution in [1.82, 2.24) is 4.90 Å². The lowest BCUT2D eigenvalue weighted by Gasteiger charge is -2.34. The first kappa shape index (κ1) is 14.4. The lowest BCUT2D eigenvalue weighted by molar-refractivity contribution is 0.145. The molecule has 0 radical (unpaired) electrons. The van der Waals surface area contributed by atoms with E-state index in [1.807, 2.05) is 17.4 Å². The summed E-state index contributed by atoms with van der Waals surface area (Å²) >= 11 is 1.81. The fraction of sp³-hybridized carbons (Fsp3) is 0.571. The summed E-state index contributed by atoms with van der Waals surface area (Å²) < 4.78 is 0. The highest BCUT2D eigenvalue weighted by Gasteiger charge is 2.21. The second-order valence-corrected chi connectivity index (χ2v) is 6.68. The molecule has 0 unspecified atom stereocenters. The summed E-state index contributed by atoms with van der Waals surface area (Å²) in [7, 11) is 0. The maximum atomic E-state index is 5.69. The van der Waals surface area contributed by atoms with Gasteiger partial charge in [0.1, 0.15) is 0 Å². The first-order valence-electron chi connectivity index (χ1n) is 6.02. The highest BCUT2D eigenvalue weighted by molar-refractivity contribution is 7.12. The molecule has 0 saturated carbocycles. The Labute approximate surface area is 109 Å². The minimum absolute atomic E-state index is 0.158. The van der Waals surface area contributed by atoms with Gasteiger partial charge in [-0.25, -0.2) is 0 Å². The molecule has 1 heterocycles. The Bertz CT molecular complexity index is 374. The first-order chi connectivity index (χ1) is 7.88. The van der Waals surface area contributed by atoms with Gasteiger partial charge < -0.3 is 5.73 Å². The molecule has 0 bridgehead atoms. The second-order valence-electron chi connectivity index (χ2n) is 5.34. The number of rotatable bonds is 5. The van der Waals surface area contributed by atoms with Crippen LogP contribution in [0.2, 0.25) is 0 Å². The zero-order valence-corrected chi connectivity index (χ0v) is 12.2. The number of hydrogen-bond donors (Lipinski definition) is 1. The number of thiophene rings is 1. The Morgan fingerprint density at radius 2 is 2.12 bits per heavy atom. The summed E-state index contributed by atoms with van der Waals surface area (Å²) in [5.74, 6) is 0. The van der Waals surface area contributed by atoms with E-state index in [-0.39, 0.29) is 5.54 Å². The van der Waals surface area contributed by atoms with Gasteiger partial charge in [0.15, 0.2) is 0 Å². The molecule has 3 heteroatoms. The monoisotopic (exact) mass is 252 g/mol. The predicted molar refractivity (Wildman–Crippen MR) is 77.3 cm³/mol. The van der Waals surface area contributed by atoms with Crippen LogP contribution in [0, 0.1) is 6.92 Å². The van der Waals surface area contributed by atoms with Crippen molar-refractivity contribution in [2.45, 2.75) is 46.3 Å². The molecule has 2 nitrogen and oxygen atoms in total. The quantitative estimate of drug-likeness (QED) is 0.815. The normalized spacial score (nSPS) is 12.1. The highest BCUT2D eigenvalue weighted by atomic mass is 32.1. The van der Waals surface area contributed by atoms with Crippen molar-refractivity contribution in [3.63, 3.8) is 0 Å². The van der Waals surface area contributed by atoms with Crippen molar-refractivity contribution in [2.24, 2.45) is 5.73 Å². The Balaban J connectivity index is 2.85. The Morgan fingerprint density at radius 1 is 1.47 bits per heavy atom. The van der Waals surface area contributed by atoms with Crippen LogP contribution in [0.3, 0.4) is 0 Å². The van der Waals surface area contributed by atoms with Crippen molar-refractivity contribution >= 4 is 11.3 Å². The van der Waals surface area contributed by atoms with Crippen molar-refractivity contribution in [2.75, 3.05) is 6.54 Å². The Hall–Kier alpha value is -0.640. The van der Waals surface area contributed by atoms with E-state index < -0.39 is 0 Å². The van der Waals surface area contributed by atoms with Crippen LogP contribution in [0.25, 0.3) is 0 Å². The molecular formula is C14H24N2S. The van der Waals surface area contributed by atoms with Gasteiger partial charge in [0.2, 0.25) is 0 Å². The maximum Gasteiger partial charge on any atom is 0.0274 e. The van der Waals surface area contributed by atoms with Gasteiger partial charge in [-0.15, -0.1) is 17.9 Å². The van der Waals surface area contributed by atoms with Gasteiger partial charge in [0.05, 0.1) is 0 Å². The van der Waals surface area contributed by atoms with Gasteiger partial charge in [-0.1, -0.05) is 6.08 Å². The zero-order chi connectivity index (χ0) is 13.1. The van der Waals surface area contributed by atoms with Crippen LogP contribution in [-0.4, -0.2) is 17.0 Å². The third-order valence-corrected chi connectivity index (χ3v) is 4.05. The molecule has 1 aromatic rings. The molecule has 0 saturated heterocycles. The number of aryl methyl sites for hydroxylation is 1. The fourth-order valence-corrected chi connectivity index (χ4v) is 2.71. The standard InChI is InChI=1S/C14H24N2S/c1-6-7-16(14(3,4)5)10-12-8-13(9-15)17-11(12)2/h6,8H,1,7,9-10,15H2,2-5H3. The van der Waals surface area contributed by atoms with E-state index in [0.29, 0.717) is 6.54 Å². The molecule has 0 aliphatic carbocycles. The van der Waals surface area contributed by atoms with E-state index in [9.17, 15) is 0 Å². The van der Waals surface area contributed by atoms with E-state index in [2.05, 4.69) is 45.2 Å². The Kier molecular flexibility index (Phi) is 4.92. The van der Waals surface area contributed by atoms with Crippen LogP contribution in [-0.2, 0) is 13.1 Å². The average molecular weight is 252 g/mol. The molecule has 0 amide bonds. The minimum atomic E-state index is 0.158. The van der Waals surface area contributed by atoms with Crippen LogP contribution < -0.4 is 5.73 Å². The van der Waals surface area contributed by atoms with E-state index in [1.165, 1.54) is 15.3 Å². The van der Waals surface area contributed by atoms with Crippen LogP contribution >= 0.6 is 11.3 Å². The molecule has 0 spiro atoms. The minimum Gasteiger partial charge on any atom is -0.326 e. The highest BCUT2D eigenvalue weighted by Crippen LogP contribution is 2.25. The number of nitrogens with two attached hydrogens (primary N) is 1. The fourth-order valence-electron chi connectivity index (χ4n) is 1.78. The predicted octanol–water partition coefficient (Wildman–Crippen LogP) is 3.30. The summed E-state index contributed by atoms with van der Waals surface area (Å²) in [4.78, 5) is 5.07. The number of nitrogens with zero attached hydrogens (tertiary/aromatic N) is 1. The lowest BCUT2D eigenvalue weighted by atomic mass is 10.0. The van der Waals surface area contributed by atoms with Gasteiger partial charge >= 0.3 is 0 Å². The van der Waals surface area contributed by atoms with Crippen molar-refractivity contribution < 1.29 is 0 Å². The number of hydrogen-bond acceptors (Lipinski definition) is 3. The smallest absolute Gasteiger partial charge is 0.0274 e. The lowest BCUT2D eigenvalue weighted by Crippen LogP contribution is -2.40. The summed E-state index contributed by atoms with van der Waals surface area (Å²) in [6.07, 6.45) is 1.97. The average Bonchev–Trinajstić information content (AvgIpc) is 2.58. The van der Waals surface area contributed by atoms with Gasteiger partial charge in [-0.2, -0.15) is 0 Å². The van der Waals surface area contributed by atoms with E-state index in [0.717, 1.165) is 13.1 Å². The van der Waals surface area contributed by atoms with Crippen LogP contribution in [0.4, 0.5) is 0 Å². The molecule has 0 aliphatic heterocycles. The summed E-state index contributed by atoms with van der Waals surface area (Å²) in [5.41, 5.74) is 7.24. The van der Waals surface area contributed by atoms with Gasteiger partial charge in [0, 0.05) is 34.9 Å². The third-order valence-electron chi connectivity index (χ3n) is 2.93. The zero-order valence-electron chi connectivity index (χ0n) is 11.4. The summed E-state index contributed by atoms with van der Waals surface area (Å²) in [5, 5.41) is 0. The van der Waals surface area contributed by atoms with Gasteiger partial charge in [-0.05, 0) is 39.3 Å². The molecule has 96 valence electrons. The molecule has 0 aliphatic rings. The van der Waals surface area contributed by atoms with Gasteiger partial charge in [0.25, 0.3) is 0 Å². The van der Waals surface area contributed by atoms with Crippen molar-refractivity contribution in [1.29, 1.82) is 0 Å². The van der Waals surface area contributed by atoms with Crippen LogP contribution in [0.5, 0.6) is 0 Å². The van der Waals surface area contributed by atoms with E-state index >= 15 is 0 Å². The van der Waals surface area contributed by atoms with E-state index in [1.54, 1.807) is 0 Å². The third kappa shape index (κ3) is 3.95. The summed E-state index contributed by atoms with van der Waals surface area (Å²) in [6, 6.07) is 2.24. The molecule has 0 fully saturated rings. The molecule has 0 aromatic carbocycles. The van der Waals surface area contributed by atoms with Crippen molar-refractivity contribution in [3.05, 3.63) is 34.0 Å². The SMILES string of the molecule is C=CCN(Cc1cc(CN)sc1C)C(C)(C)C. The molecule has 2 N–H and O–H groups in total. The first-order valence-corrected chi connectivity index (χ1v) is 6.84. The molecular weight excluding hydrogens is 228 g/mol. The Morgan fingerprint density at radius 3 is 2.53 bits per heavy atom. The second kappa shape index (κ2) is 5.80. The van der Waals surface area contributed by atoms with Crippen LogP contribution in [0.1, 0.15) is 36.1 Å². The molecule has 17 heavy (non-hydrogen) atoms. The topological polar surface area (TPSA) is 29.3 Å². The largest absolute Gasteiger partial charge is 0.326 e. The maximum absolute atomic E-state index is 5.69. The summed E-state index contributed by atoms with van der Waals surface area (Å²) in [6.45, 7) is 15.3. The van der Waals surface area contributed by atoms with Crippen molar-refractivity contribution in [3.8, 4) is 0 Å². The molecule has 1 aromatic heterocycles.